The van der Waals surface area contributed by atoms with Crippen molar-refractivity contribution in [1.29, 1.82) is 0 Å². The predicted molar refractivity (Wildman–Crippen MR) is 67.2 cm³/mol. The third-order valence-corrected chi connectivity index (χ3v) is 2.89. The van der Waals surface area contributed by atoms with E-state index in [2.05, 4.69) is 9.97 Å². The monoisotopic (exact) mass is 324 g/mol. The van der Waals surface area contributed by atoms with E-state index in [1.807, 2.05) is 0 Å². The van der Waals surface area contributed by atoms with Crippen molar-refractivity contribution < 1.29 is 17.6 Å². The molecule has 1 aromatic carbocycles. The van der Waals surface area contributed by atoms with Crippen LogP contribution in [0.4, 0.5) is 17.6 Å². The van der Waals surface area contributed by atoms with Gasteiger partial charge in [0.2, 0.25) is 0 Å². The van der Waals surface area contributed by atoms with E-state index >= 15 is 0 Å². The number of alkyl halides is 3. The number of nitrogens with zero attached hydrogens (tertiary/aromatic N) is 2. The summed E-state index contributed by atoms with van der Waals surface area (Å²) in [6, 6.07) is 5.27. The first-order valence-corrected chi connectivity index (χ1v) is 6.06. The lowest BCUT2D eigenvalue weighted by molar-refractivity contribution is -0.128. The summed E-state index contributed by atoms with van der Waals surface area (Å²) in [5.74, 6) is -1.07. The molecule has 0 aliphatic heterocycles. The third-order valence-electron chi connectivity index (χ3n) is 2.34. The van der Waals surface area contributed by atoms with Crippen LogP contribution in [0.25, 0.3) is 11.1 Å². The molecule has 1 heterocycles. The maximum atomic E-state index is 13.1. The second-order valence-electron chi connectivity index (χ2n) is 3.90. The standard InChI is InChI=1S/C12H6Cl2F4N2/c13-10-9(6-2-1-3-7(15)4-6)11(14)20-8(19-10)5-12(16,17)18/h1-4H,5H2. The van der Waals surface area contributed by atoms with Crippen LogP contribution in [0.5, 0.6) is 0 Å². The van der Waals surface area contributed by atoms with Gasteiger partial charge in [-0.25, -0.2) is 14.4 Å². The van der Waals surface area contributed by atoms with Gasteiger partial charge in [-0.1, -0.05) is 35.3 Å². The fourth-order valence-corrected chi connectivity index (χ4v) is 2.23. The lowest BCUT2D eigenvalue weighted by atomic mass is 10.1. The molecule has 0 amide bonds. The van der Waals surface area contributed by atoms with Crippen molar-refractivity contribution in [1.82, 2.24) is 9.97 Å². The molecule has 0 fully saturated rings. The van der Waals surface area contributed by atoms with E-state index in [1.165, 1.54) is 18.2 Å². The number of halogens is 6. The molecule has 0 unspecified atom stereocenters. The fourth-order valence-electron chi connectivity index (χ4n) is 1.59. The zero-order valence-electron chi connectivity index (χ0n) is 9.68. The molecule has 0 aliphatic rings. The van der Waals surface area contributed by atoms with Crippen LogP contribution in [-0.4, -0.2) is 16.1 Å². The predicted octanol–water partition coefficient (Wildman–Crippen LogP) is 4.69. The summed E-state index contributed by atoms with van der Waals surface area (Å²) < 4.78 is 49.9. The van der Waals surface area contributed by atoms with Gasteiger partial charge in [-0.15, -0.1) is 0 Å². The van der Waals surface area contributed by atoms with Crippen molar-refractivity contribution >= 4 is 23.2 Å². The minimum atomic E-state index is -4.47. The molecule has 1 aromatic heterocycles. The molecular formula is C12H6Cl2F4N2. The minimum absolute atomic E-state index is 0.0961. The maximum absolute atomic E-state index is 13.1. The van der Waals surface area contributed by atoms with Gasteiger partial charge in [-0.05, 0) is 17.7 Å². The van der Waals surface area contributed by atoms with Crippen molar-refractivity contribution in [2.24, 2.45) is 0 Å². The van der Waals surface area contributed by atoms with Crippen LogP contribution < -0.4 is 0 Å². The largest absolute Gasteiger partial charge is 0.396 e. The van der Waals surface area contributed by atoms with Gasteiger partial charge < -0.3 is 0 Å². The van der Waals surface area contributed by atoms with Gasteiger partial charge in [0.05, 0.1) is 5.56 Å². The van der Waals surface area contributed by atoms with Crippen LogP contribution in [0.15, 0.2) is 24.3 Å². The maximum Gasteiger partial charge on any atom is 0.396 e. The van der Waals surface area contributed by atoms with E-state index in [9.17, 15) is 17.6 Å². The molecule has 2 rings (SSSR count). The highest BCUT2D eigenvalue weighted by atomic mass is 35.5. The molecule has 0 saturated heterocycles. The van der Waals surface area contributed by atoms with Gasteiger partial charge in [-0.2, -0.15) is 13.2 Å². The average molecular weight is 325 g/mol. The highest BCUT2D eigenvalue weighted by molar-refractivity contribution is 6.37. The smallest absolute Gasteiger partial charge is 0.220 e. The Morgan fingerprint density at radius 3 is 2.15 bits per heavy atom. The molecule has 0 saturated carbocycles. The highest BCUT2D eigenvalue weighted by Gasteiger charge is 2.30. The molecule has 0 N–H and O–H groups in total. The number of rotatable bonds is 2. The van der Waals surface area contributed by atoms with Crippen molar-refractivity contribution in [3.8, 4) is 11.1 Å². The van der Waals surface area contributed by atoms with Gasteiger partial charge in [0.15, 0.2) is 0 Å². The van der Waals surface area contributed by atoms with Gasteiger partial charge in [0.1, 0.15) is 28.4 Å². The SMILES string of the molecule is Fc1cccc(-c2c(Cl)nc(CC(F)(F)F)nc2Cl)c1. The zero-order valence-corrected chi connectivity index (χ0v) is 11.2. The molecule has 0 radical (unpaired) electrons. The molecular weight excluding hydrogens is 319 g/mol. The molecule has 8 heteroatoms. The molecule has 0 aliphatic carbocycles. The van der Waals surface area contributed by atoms with Gasteiger partial charge in [0, 0.05) is 0 Å². The number of aromatic nitrogens is 2. The van der Waals surface area contributed by atoms with Crippen LogP contribution >= 0.6 is 23.2 Å². The molecule has 0 spiro atoms. The average Bonchev–Trinajstić information content (AvgIpc) is 2.25. The Morgan fingerprint density at radius 2 is 1.65 bits per heavy atom. The number of hydrogen-bond donors (Lipinski definition) is 0. The third kappa shape index (κ3) is 3.58. The van der Waals surface area contributed by atoms with Gasteiger partial charge in [0.25, 0.3) is 0 Å². The second kappa shape index (κ2) is 5.54. The normalized spacial score (nSPS) is 11.7. The van der Waals surface area contributed by atoms with Crippen LogP contribution in [0, 0.1) is 5.82 Å². The van der Waals surface area contributed by atoms with E-state index in [0.717, 1.165) is 6.07 Å². The molecule has 106 valence electrons. The van der Waals surface area contributed by atoms with Gasteiger partial charge in [-0.3, -0.25) is 0 Å². The van der Waals surface area contributed by atoms with Crippen LogP contribution in [-0.2, 0) is 6.42 Å². The summed E-state index contributed by atoms with van der Waals surface area (Å²) in [6.45, 7) is 0. The molecule has 0 bridgehead atoms. The quantitative estimate of drug-likeness (QED) is 0.591. The Morgan fingerprint density at radius 1 is 1.05 bits per heavy atom. The van der Waals surface area contributed by atoms with Crippen molar-refractivity contribution in [2.75, 3.05) is 0 Å². The lowest BCUT2D eigenvalue weighted by Gasteiger charge is -2.10. The first-order valence-electron chi connectivity index (χ1n) is 5.31. The summed E-state index contributed by atoms with van der Waals surface area (Å²) in [4.78, 5) is 7.11. The Hall–Kier alpha value is -1.40. The van der Waals surface area contributed by atoms with Crippen LogP contribution in [0.3, 0.4) is 0 Å². The minimum Gasteiger partial charge on any atom is -0.220 e. The Labute approximate surface area is 121 Å². The lowest BCUT2D eigenvalue weighted by Crippen LogP contribution is -2.14. The van der Waals surface area contributed by atoms with E-state index in [4.69, 9.17) is 23.2 Å². The van der Waals surface area contributed by atoms with Crippen molar-refractivity contribution in [3.05, 3.63) is 46.2 Å². The Kier molecular flexibility index (Phi) is 4.15. The summed E-state index contributed by atoms with van der Waals surface area (Å²) >= 11 is 11.7. The number of benzene rings is 1. The topological polar surface area (TPSA) is 25.8 Å². The molecule has 0 atom stereocenters. The van der Waals surface area contributed by atoms with E-state index in [1.54, 1.807) is 0 Å². The van der Waals surface area contributed by atoms with Crippen molar-refractivity contribution in [2.45, 2.75) is 12.6 Å². The van der Waals surface area contributed by atoms with Gasteiger partial charge >= 0.3 is 6.18 Å². The van der Waals surface area contributed by atoms with Crippen LogP contribution in [0.1, 0.15) is 5.82 Å². The van der Waals surface area contributed by atoms with Crippen molar-refractivity contribution in [3.63, 3.8) is 0 Å². The van der Waals surface area contributed by atoms with E-state index in [-0.39, 0.29) is 15.9 Å². The molecule has 2 aromatic rings. The summed E-state index contributed by atoms with van der Waals surface area (Å²) in [6.07, 6.45) is -5.80. The Balaban J connectivity index is 2.47. The van der Waals surface area contributed by atoms with E-state index in [0.29, 0.717) is 5.56 Å². The first kappa shape index (κ1) is 15.0. The van der Waals surface area contributed by atoms with E-state index < -0.39 is 24.2 Å². The summed E-state index contributed by atoms with van der Waals surface area (Å²) in [7, 11) is 0. The fraction of sp³-hybridized carbons (Fsp3) is 0.167. The second-order valence-corrected chi connectivity index (χ2v) is 4.61. The molecule has 20 heavy (non-hydrogen) atoms. The van der Waals surface area contributed by atoms with Crippen LogP contribution in [0.2, 0.25) is 10.3 Å². The zero-order chi connectivity index (χ0) is 14.9. The highest BCUT2D eigenvalue weighted by Crippen LogP contribution is 2.33. The summed E-state index contributed by atoms with van der Waals surface area (Å²) in [5, 5.41) is -0.510. The summed E-state index contributed by atoms with van der Waals surface area (Å²) in [5.41, 5.74) is 0.386. The first-order chi connectivity index (χ1) is 9.26. The number of hydrogen-bond acceptors (Lipinski definition) is 2. The Bertz CT molecular complexity index is 621. The molecule has 2 nitrogen and oxygen atoms in total.